The highest BCUT2D eigenvalue weighted by Crippen LogP contribution is 2.44. The molecule has 7 nitrogen and oxygen atoms in total. The number of carbonyl (C=O) groups is 2. The first-order chi connectivity index (χ1) is 15.2. The molecule has 2 aromatic heterocycles. The lowest BCUT2D eigenvalue weighted by atomic mass is 9.89. The number of amides is 2. The Bertz CT molecular complexity index is 1080. The molecule has 170 valence electrons. The van der Waals surface area contributed by atoms with Crippen LogP contribution in [0.3, 0.4) is 0 Å². The molecule has 0 aromatic carbocycles. The number of piperidine rings is 1. The third-order valence-corrected chi connectivity index (χ3v) is 7.72. The summed E-state index contributed by atoms with van der Waals surface area (Å²) in [5.41, 5.74) is 3.22. The van der Waals surface area contributed by atoms with Crippen LogP contribution >= 0.6 is 11.6 Å². The van der Waals surface area contributed by atoms with Crippen LogP contribution < -0.4 is 5.32 Å². The number of hydrogen-bond donors (Lipinski definition) is 1. The van der Waals surface area contributed by atoms with Gasteiger partial charge in [-0.3, -0.25) is 14.3 Å². The van der Waals surface area contributed by atoms with Crippen molar-refractivity contribution in [2.24, 2.45) is 17.3 Å². The Balaban J connectivity index is 1.22. The highest BCUT2D eigenvalue weighted by atomic mass is 35.5. The van der Waals surface area contributed by atoms with Crippen molar-refractivity contribution in [1.82, 2.24) is 19.7 Å². The van der Waals surface area contributed by atoms with Gasteiger partial charge in [-0.25, -0.2) is 4.98 Å². The summed E-state index contributed by atoms with van der Waals surface area (Å²) < 4.78 is 2.05. The van der Waals surface area contributed by atoms with Crippen LogP contribution in [0, 0.1) is 17.3 Å². The fourth-order valence-corrected chi connectivity index (χ4v) is 6.11. The van der Waals surface area contributed by atoms with E-state index < -0.39 is 0 Å². The van der Waals surface area contributed by atoms with Gasteiger partial charge in [0.2, 0.25) is 11.8 Å². The minimum Gasteiger partial charge on any atom is -0.340 e. The molecule has 2 fully saturated rings. The number of halogens is 1. The average Bonchev–Trinajstić information content (AvgIpc) is 3.47. The molecule has 1 aliphatic carbocycles. The van der Waals surface area contributed by atoms with Crippen LogP contribution in [0.2, 0.25) is 5.02 Å². The second-order valence-corrected chi connectivity index (χ2v) is 10.9. The predicted molar refractivity (Wildman–Crippen MR) is 123 cm³/mol. The van der Waals surface area contributed by atoms with Crippen molar-refractivity contribution >= 4 is 29.2 Å². The van der Waals surface area contributed by atoms with Crippen LogP contribution in [0.1, 0.15) is 52.1 Å². The maximum Gasteiger partial charge on any atom is 0.225 e. The van der Waals surface area contributed by atoms with Gasteiger partial charge in [-0.1, -0.05) is 25.4 Å². The van der Waals surface area contributed by atoms with Crippen LogP contribution in [0.15, 0.2) is 18.5 Å². The van der Waals surface area contributed by atoms with E-state index in [1.807, 2.05) is 21.8 Å². The molecule has 32 heavy (non-hydrogen) atoms. The molecule has 2 aromatic rings. The summed E-state index contributed by atoms with van der Waals surface area (Å²) in [5, 5.41) is 8.04. The molecule has 1 saturated heterocycles. The lowest BCUT2D eigenvalue weighted by Crippen LogP contribution is -2.38. The van der Waals surface area contributed by atoms with E-state index >= 15 is 0 Å². The Hall–Kier alpha value is -2.41. The zero-order valence-corrected chi connectivity index (χ0v) is 19.7. The molecule has 3 aliphatic rings. The van der Waals surface area contributed by atoms with Gasteiger partial charge in [0.1, 0.15) is 5.82 Å². The van der Waals surface area contributed by atoms with Crippen LogP contribution in [-0.2, 0) is 22.6 Å². The minimum atomic E-state index is -0.0293. The Morgan fingerprint density at radius 1 is 1.25 bits per heavy atom. The first-order valence-electron chi connectivity index (χ1n) is 11.5. The maximum atomic E-state index is 12.6. The molecule has 1 saturated carbocycles. The van der Waals surface area contributed by atoms with Crippen molar-refractivity contribution in [3.63, 3.8) is 0 Å². The molecule has 2 amide bonds. The van der Waals surface area contributed by atoms with Gasteiger partial charge in [-0.2, -0.15) is 5.10 Å². The lowest BCUT2D eigenvalue weighted by molar-refractivity contribution is -0.131. The van der Waals surface area contributed by atoms with Crippen molar-refractivity contribution in [3.8, 4) is 11.1 Å². The number of nitrogens with zero attached hydrogens (tertiary/aromatic N) is 4. The molecule has 2 bridgehead atoms. The van der Waals surface area contributed by atoms with E-state index in [0.29, 0.717) is 35.1 Å². The fraction of sp³-hybridized carbons (Fsp3) is 0.583. The number of fused-ring (bicyclic) bond motifs is 3. The number of anilines is 1. The zero-order chi connectivity index (χ0) is 22.6. The summed E-state index contributed by atoms with van der Waals surface area (Å²) in [7, 11) is 0. The lowest BCUT2D eigenvalue weighted by Gasteiger charge is -2.30. The monoisotopic (exact) mass is 455 g/mol. The first-order valence-corrected chi connectivity index (χ1v) is 11.9. The summed E-state index contributed by atoms with van der Waals surface area (Å²) in [4.78, 5) is 30.6. The van der Waals surface area contributed by atoms with E-state index in [1.165, 1.54) is 5.69 Å². The summed E-state index contributed by atoms with van der Waals surface area (Å²) in [6, 6.07) is 2.22. The normalized spacial score (nSPS) is 25.2. The van der Waals surface area contributed by atoms with E-state index in [-0.39, 0.29) is 17.2 Å². The molecule has 2 aliphatic heterocycles. The summed E-state index contributed by atoms with van der Waals surface area (Å²) in [6.45, 7) is 7.86. The Kier molecular flexibility index (Phi) is 5.27. The van der Waals surface area contributed by atoms with Gasteiger partial charge in [0.05, 0.1) is 11.2 Å². The van der Waals surface area contributed by atoms with E-state index in [9.17, 15) is 9.59 Å². The van der Waals surface area contributed by atoms with E-state index in [4.69, 9.17) is 11.6 Å². The second kappa shape index (κ2) is 7.87. The van der Waals surface area contributed by atoms with E-state index in [0.717, 1.165) is 49.9 Å². The van der Waals surface area contributed by atoms with Gasteiger partial charge in [0.15, 0.2) is 0 Å². The largest absolute Gasteiger partial charge is 0.340 e. The third kappa shape index (κ3) is 3.91. The topological polar surface area (TPSA) is 80.1 Å². The van der Waals surface area contributed by atoms with Crippen molar-refractivity contribution in [2.75, 3.05) is 11.9 Å². The van der Waals surface area contributed by atoms with E-state index in [1.54, 1.807) is 13.1 Å². The van der Waals surface area contributed by atoms with Gasteiger partial charge in [0, 0.05) is 55.5 Å². The van der Waals surface area contributed by atoms with Crippen molar-refractivity contribution in [3.05, 3.63) is 29.2 Å². The van der Waals surface area contributed by atoms with Crippen LogP contribution in [0.25, 0.3) is 11.1 Å². The maximum absolute atomic E-state index is 12.6. The summed E-state index contributed by atoms with van der Waals surface area (Å²) in [6.07, 6.45) is 7.81. The number of rotatable bonds is 5. The molecular formula is C24H30ClN5O2. The molecular weight excluding hydrogens is 426 g/mol. The molecule has 4 heterocycles. The average molecular weight is 456 g/mol. The predicted octanol–water partition coefficient (Wildman–Crippen LogP) is 4.16. The molecule has 0 radical (unpaired) electrons. The first kappa shape index (κ1) is 21.4. The second-order valence-electron chi connectivity index (χ2n) is 10.5. The summed E-state index contributed by atoms with van der Waals surface area (Å²) in [5.74, 6) is 1.71. The van der Waals surface area contributed by atoms with Gasteiger partial charge in [0.25, 0.3) is 0 Å². The number of pyridine rings is 1. The van der Waals surface area contributed by atoms with Gasteiger partial charge in [-0.15, -0.1) is 0 Å². The molecule has 0 spiro atoms. The van der Waals surface area contributed by atoms with Crippen molar-refractivity contribution in [2.45, 2.75) is 65.5 Å². The number of hydrogen-bond acceptors (Lipinski definition) is 4. The van der Waals surface area contributed by atoms with Gasteiger partial charge in [-0.05, 0) is 49.0 Å². The highest BCUT2D eigenvalue weighted by Gasteiger charge is 2.45. The number of nitrogens with one attached hydrogen (secondary N) is 1. The van der Waals surface area contributed by atoms with E-state index in [2.05, 4.69) is 29.2 Å². The fourth-order valence-electron chi connectivity index (χ4n) is 5.91. The smallest absolute Gasteiger partial charge is 0.225 e. The zero-order valence-electron chi connectivity index (χ0n) is 18.9. The molecule has 5 rings (SSSR count). The number of aromatic nitrogens is 3. The van der Waals surface area contributed by atoms with Crippen LogP contribution in [-0.4, -0.2) is 44.1 Å². The van der Waals surface area contributed by atoms with Crippen molar-refractivity contribution < 1.29 is 9.59 Å². The Labute approximate surface area is 193 Å². The number of likely N-dealkylation sites (tertiary alicyclic amines) is 1. The van der Waals surface area contributed by atoms with Crippen molar-refractivity contribution in [1.29, 1.82) is 0 Å². The van der Waals surface area contributed by atoms with Gasteiger partial charge >= 0.3 is 0 Å². The van der Waals surface area contributed by atoms with Crippen LogP contribution in [0.4, 0.5) is 5.82 Å². The Morgan fingerprint density at radius 3 is 2.78 bits per heavy atom. The Morgan fingerprint density at radius 2 is 2.06 bits per heavy atom. The SMILES string of the molecule is CC(=O)N1C[C@H]2C[C@@H]1C[C@H]2CCC(=O)Nc1cc(-c2cnn3c2CC(C)(C)C3)c(Cl)cn1. The minimum absolute atomic E-state index is 0.0293. The van der Waals surface area contributed by atoms with Crippen LogP contribution in [0.5, 0.6) is 0 Å². The third-order valence-electron chi connectivity index (χ3n) is 7.42. The summed E-state index contributed by atoms with van der Waals surface area (Å²) >= 11 is 6.47. The number of carbonyl (C=O) groups excluding carboxylic acids is 2. The highest BCUT2D eigenvalue weighted by molar-refractivity contribution is 6.33. The molecule has 0 unspecified atom stereocenters. The molecule has 8 heteroatoms. The molecule has 1 N–H and O–H groups in total. The quantitative estimate of drug-likeness (QED) is 0.734. The standard InChI is InChI=1S/C24H30ClN5O2/c1-14(31)29-12-16-7-17(29)6-15(16)4-5-23(32)28-22-8-18(20(25)11-26-22)19-10-27-30-13-24(2,3)9-21(19)30/h8,10-11,15-17H,4-7,9,12-13H2,1-3H3,(H,26,28,32)/t15-,16-,17+/m1/s1. The molecule has 3 atom stereocenters. The van der Waals surface area contributed by atoms with Gasteiger partial charge < -0.3 is 10.2 Å².